The van der Waals surface area contributed by atoms with Crippen molar-refractivity contribution in [2.45, 2.75) is 18.1 Å². The third-order valence-electron chi connectivity index (χ3n) is 2.51. The van der Waals surface area contributed by atoms with Crippen LogP contribution in [0.3, 0.4) is 0 Å². The Kier molecular flexibility index (Phi) is 4.29. The van der Waals surface area contributed by atoms with E-state index in [1.807, 2.05) is 6.92 Å². The first-order valence-electron chi connectivity index (χ1n) is 5.42. The highest BCUT2D eigenvalue weighted by molar-refractivity contribution is 9.10. The lowest BCUT2D eigenvalue weighted by Gasteiger charge is -2.10. The first-order chi connectivity index (χ1) is 9.20. The second-order valence-electron chi connectivity index (χ2n) is 4.11. The molecule has 0 fully saturated rings. The van der Waals surface area contributed by atoms with E-state index in [4.69, 9.17) is 17.3 Å². The number of rotatable bonds is 3. The van der Waals surface area contributed by atoms with Crippen LogP contribution in [0.25, 0.3) is 0 Å². The van der Waals surface area contributed by atoms with Crippen molar-refractivity contribution >= 4 is 59.7 Å². The van der Waals surface area contributed by atoms with Crippen LogP contribution in [-0.2, 0) is 10.0 Å². The lowest BCUT2D eigenvalue weighted by atomic mass is 10.2. The molecule has 0 unspecified atom stereocenters. The third kappa shape index (κ3) is 3.08. The van der Waals surface area contributed by atoms with Gasteiger partial charge in [-0.15, -0.1) is 0 Å². The summed E-state index contributed by atoms with van der Waals surface area (Å²) in [4.78, 5) is 3.91. The number of anilines is 2. The maximum Gasteiger partial charge on any atom is 0.273 e. The number of sulfonamides is 1. The number of aryl methyl sites for hydroxylation is 2. The highest BCUT2D eigenvalue weighted by atomic mass is 79.9. The molecule has 1 aromatic heterocycles. The number of nitrogens with two attached hydrogens (primary N) is 1. The van der Waals surface area contributed by atoms with Crippen molar-refractivity contribution in [3.05, 3.63) is 32.9 Å². The zero-order valence-electron chi connectivity index (χ0n) is 10.6. The molecular formula is C11H11BrClN3O2S2. The molecular weight excluding hydrogens is 386 g/mol. The van der Waals surface area contributed by atoms with Gasteiger partial charge in [-0.2, -0.15) is 0 Å². The van der Waals surface area contributed by atoms with Crippen LogP contribution in [0.15, 0.2) is 20.8 Å². The molecule has 9 heteroatoms. The van der Waals surface area contributed by atoms with E-state index in [0.717, 1.165) is 16.9 Å². The summed E-state index contributed by atoms with van der Waals surface area (Å²) in [5, 5.41) is 0.690. The zero-order valence-corrected chi connectivity index (χ0v) is 14.5. The van der Waals surface area contributed by atoms with Crippen LogP contribution in [0.2, 0.25) is 5.02 Å². The normalized spacial score (nSPS) is 11.6. The van der Waals surface area contributed by atoms with Gasteiger partial charge in [0.05, 0.1) is 11.4 Å². The number of nitrogen functional groups attached to an aromatic ring is 1. The number of aromatic nitrogens is 1. The van der Waals surface area contributed by atoms with Crippen LogP contribution in [0.5, 0.6) is 0 Å². The summed E-state index contributed by atoms with van der Waals surface area (Å²) in [5.74, 6) is 0. The molecule has 0 atom stereocenters. The van der Waals surface area contributed by atoms with Crippen LogP contribution >= 0.6 is 38.9 Å². The lowest BCUT2D eigenvalue weighted by molar-refractivity contribution is 0.602. The first-order valence-corrected chi connectivity index (χ1v) is 8.89. The second kappa shape index (κ2) is 5.51. The Balaban J connectivity index is 2.43. The molecule has 0 amide bonds. The molecule has 0 saturated carbocycles. The molecule has 0 bridgehead atoms. The lowest BCUT2D eigenvalue weighted by Crippen LogP contribution is -2.13. The van der Waals surface area contributed by atoms with Crippen molar-refractivity contribution in [2.24, 2.45) is 0 Å². The van der Waals surface area contributed by atoms with Gasteiger partial charge in [-0.3, -0.25) is 4.72 Å². The Bertz CT molecular complexity index is 774. The highest BCUT2D eigenvalue weighted by Gasteiger charge is 2.22. The Hall–Kier alpha value is -0.830. The van der Waals surface area contributed by atoms with E-state index in [-0.39, 0.29) is 9.34 Å². The van der Waals surface area contributed by atoms with E-state index < -0.39 is 10.0 Å². The quantitative estimate of drug-likeness (QED) is 0.830. The summed E-state index contributed by atoms with van der Waals surface area (Å²) in [6.45, 7) is 3.43. The second-order valence-corrected chi connectivity index (χ2v) is 8.28. The molecule has 2 rings (SSSR count). The fraction of sp³-hybridized carbons (Fsp3) is 0.182. The van der Waals surface area contributed by atoms with E-state index in [1.165, 1.54) is 0 Å². The maximum absolute atomic E-state index is 12.3. The van der Waals surface area contributed by atoms with E-state index in [1.54, 1.807) is 19.1 Å². The van der Waals surface area contributed by atoms with Crippen LogP contribution in [0.1, 0.15) is 11.3 Å². The summed E-state index contributed by atoms with van der Waals surface area (Å²) in [5.41, 5.74) is 7.11. The highest BCUT2D eigenvalue weighted by Crippen LogP contribution is 2.32. The number of hydrogen-bond donors (Lipinski definition) is 2. The van der Waals surface area contributed by atoms with Gasteiger partial charge in [-0.1, -0.05) is 22.9 Å². The van der Waals surface area contributed by atoms with Crippen molar-refractivity contribution in [3.63, 3.8) is 0 Å². The number of halogens is 2. The van der Waals surface area contributed by atoms with Crippen LogP contribution in [0.4, 0.5) is 10.8 Å². The molecule has 0 saturated heterocycles. The number of hydrogen-bond acceptors (Lipinski definition) is 5. The average molecular weight is 397 g/mol. The Morgan fingerprint density at radius 2 is 2.05 bits per heavy atom. The van der Waals surface area contributed by atoms with Crippen LogP contribution < -0.4 is 10.5 Å². The molecule has 20 heavy (non-hydrogen) atoms. The number of thiazole rings is 1. The van der Waals surface area contributed by atoms with Gasteiger partial charge < -0.3 is 5.73 Å². The third-order valence-corrected chi connectivity index (χ3v) is 6.53. The fourth-order valence-corrected chi connectivity index (χ4v) is 4.79. The molecule has 2 aromatic rings. The summed E-state index contributed by atoms with van der Waals surface area (Å²) in [6, 6.07) is 3.30. The van der Waals surface area contributed by atoms with Gasteiger partial charge in [0.2, 0.25) is 0 Å². The fourth-order valence-electron chi connectivity index (χ4n) is 1.57. The van der Waals surface area contributed by atoms with Gasteiger partial charge in [-0.05, 0) is 47.5 Å². The van der Waals surface area contributed by atoms with Gasteiger partial charge in [0, 0.05) is 9.50 Å². The molecule has 1 heterocycles. The topological polar surface area (TPSA) is 85.1 Å². The molecule has 0 spiro atoms. The Labute approximate surface area is 134 Å². The predicted molar refractivity (Wildman–Crippen MR) is 86.0 cm³/mol. The van der Waals surface area contributed by atoms with Crippen molar-refractivity contribution in [1.29, 1.82) is 0 Å². The first kappa shape index (κ1) is 15.6. The monoisotopic (exact) mass is 395 g/mol. The number of nitrogens with zero attached hydrogens (tertiary/aromatic N) is 1. The minimum atomic E-state index is -3.74. The van der Waals surface area contributed by atoms with E-state index in [9.17, 15) is 8.42 Å². The molecule has 0 aliphatic heterocycles. The largest absolute Gasteiger partial charge is 0.375 e. The van der Waals surface area contributed by atoms with E-state index in [2.05, 4.69) is 25.6 Å². The van der Waals surface area contributed by atoms with E-state index >= 15 is 0 Å². The number of benzene rings is 1. The van der Waals surface area contributed by atoms with Gasteiger partial charge >= 0.3 is 0 Å². The van der Waals surface area contributed by atoms with Crippen LogP contribution in [-0.4, -0.2) is 13.4 Å². The Morgan fingerprint density at radius 1 is 1.40 bits per heavy atom. The van der Waals surface area contributed by atoms with Crippen molar-refractivity contribution in [2.75, 3.05) is 10.5 Å². The number of nitrogens with one attached hydrogen (secondary N) is 1. The zero-order chi connectivity index (χ0) is 15.1. The summed E-state index contributed by atoms with van der Waals surface area (Å²) in [7, 11) is -3.74. The standard InChI is InChI=1S/C11H11BrClN3O2S2/c1-5-3-7(12)9(4-8(5)13)16-20(17,18)10-6(2)15-11(14)19-10/h3-4,16H,1-2H3,(H2,14,15). The molecule has 3 N–H and O–H groups in total. The summed E-state index contributed by atoms with van der Waals surface area (Å²) in [6.07, 6.45) is 0. The molecule has 108 valence electrons. The van der Waals surface area contributed by atoms with Gasteiger partial charge in [0.1, 0.15) is 0 Å². The van der Waals surface area contributed by atoms with Crippen LogP contribution in [0, 0.1) is 13.8 Å². The average Bonchev–Trinajstić information content (AvgIpc) is 2.66. The van der Waals surface area contributed by atoms with Gasteiger partial charge in [-0.25, -0.2) is 13.4 Å². The van der Waals surface area contributed by atoms with Crippen molar-refractivity contribution in [1.82, 2.24) is 4.98 Å². The van der Waals surface area contributed by atoms with Gasteiger partial charge in [0.15, 0.2) is 9.34 Å². The van der Waals surface area contributed by atoms with Crippen molar-refractivity contribution in [3.8, 4) is 0 Å². The molecule has 0 aliphatic rings. The summed E-state index contributed by atoms with van der Waals surface area (Å²) < 4.78 is 27.8. The minimum Gasteiger partial charge on any atom is -0.375 e. The maximum atomic E-state index is 12.3. The molecule has 0 radical (unpaired) electrons. The predicted octanol–water partition coefficient (Wildman–Crippen LogP) is 3.56. The minimum absolute atomic E-state index is 0.0959. The van der Waals surface area contributed by atoms with Gasteiger partial charge in [0.25, 0.3) is 10.0 Å². The Morgan fingerprint density at radius 3 is 2.60 bits per heavy atom. The molecule has 1 aromatic carbocycles. The SMILES string of the molecule is Cc1cc(Br)c(NS(=O)(=O)c2sc(N)nc2C)cc1Cl. The van der Waals surface area contributed by atoms with E-state index in [0.29, 0.717) is 20.9 Å². The van der Waals surface area contributed by atoms with Crippen molar-refractivity contribution < 1.29 is 8.42 Å². The summed E-state index contributed by atoms with van der Waals surface area (Å²) >= 11 is 10.2. The molecule has 0 aliphatic carbocycles. The smallest absolute Gasteiger partial charge is 0.273 e. The molecule has 5 nitrogen and oxygen atoms in total.